The van der Waals surface area contributed by atoms with Crippen LogP contribution in [0.2, 0.25) is 5.02 Å². The number of hydrogen-bond acceptors (Lipinski definition) is 3. The van der Waals surface area contributed by atoms with E-state index in [1.165, 1.54) is 6.07 Å². The predicted molar refractivity (Wildman–Crippen MR) is 65.4 cm³/mol. The molecule has 1 aromatic carbocycles. The van der Waals surface area contributed by atoms with E-state index in [1.54, 1.807) is 18.2 Å². The fourth-order valence-corrected chi connectivity index (χ4v) is 4.11. The van der Waals surface area contributed by atoms with Gasteiger partial charge < -0.3 is 5.32 Å². The second-order valence-electron chi connectivity index (χ2n) is 4.59. The fraction of sp³-hybridized carbons (Fsp3) is 0.455. The monoisotopic (exact) mass is 272 g/mol. The van der Waals surface area contributed by atoms with Crippen LogP contribution in [-0.2, 0) is 10.0 Å². The van der Waals surface area contributed by atoms with E-state index < -0.39 is 10.0 Å². The summed E-state index contributed by atoms with van der Waals surface area (Å²) >= 11 is 5.80. The summed E-state index contributed by atoms with van der Waals surface area (Å²) in [7, 11) is -3.42. The van der Waals surface area contributed by atoms with Crippen LogP contribution in [-0.4, -0.2) is 27.5 Å². The maximum Gasteiger partial charge on any atom is 0.240 e. The van der Waals surface area contributed by atoms with Gasteiger partial charge in [0.1, 0.15) is 0 Å². The van der Waals surface area contributed by atoms with Crippen molar-refractivity contribution in [2.75, 3.05) is 13.1 Å². The standard InChI is InChI=1S/C11H13ClN2O2S/c12-7-2-1-3-8(4-7)17(15,16)14-11-9-5-13-6-10(9)11/h1-4,9-11,13-14H,5-6H2. The van der Waals surface area contributed by atoms with Gasteiger partial charge >= 0.3 is 0 Å². The minimum atomic E-state index is -3.42. The third-order valence-electron chi connectivity index (χ3n) is 3.49. The molecule has 92 valence electrons. The molecule has 4 nitrogen and oxygen atoms in total. The molecule has 0 radical (unpaired) electrons. The van der Waals surface area contributed by atoms with Crippen LogP contribution in [0.1, 0.15) is 0 Å². The van der Waals surface area contributed by atoms with Crippen LogP contribution in [0.25, 0.3) is 0 Å². The number of hydrogen-bond donors (Lipinski definition) is 2. The molecule has 0 amide bonds. The van der Waals surface area contributed by atoms with E-state index in [0.29, 0.717) is 16.9 Å². The first-order valence-corrected chi connectivity index (χ1v) is 7.43. The van der Waals surface area contributed by atoms with Crippen LogP contribution < -0.4 is 10.0 Å². The van der Waals surface area contributed by atoms with Crippen molar-refractivity contribution in [1.82, 2.24) is 10.0 Å². The Bertz CT molecular complexity index is 536. The van der Waals surface area contributed by atoms with Gasteiger partial charge in [-0.15, -0.1) is 0 Å². The Hall–Kier alpha value is -0.620. The molecule has 0 spiro atoms. The molecule has 1 heterocycles. The van der Waals surface area contributed by atoms with Crippen molar-refractivity contribution >= 4 is 21.6 Å². The van der Waals surface area contributed by atoms with E-state index in [4.69, 9.17) is 11.6 Å². The summed E-state index contributed by atoms with van der Waals surface area (Å²) in [5.74, 6) is 0.924. The van der Waals surface area contributed by atoms with Crippen molar-refractivity contribution in [2.45, 2.75) is 10.9 Å². The van der Waals surface area contributed by atoms with E-state index in [1.807, 2.05) is 0 Å². The SMILES string of the molecule is O=S(=O)(NC1C2CNCC21)c1cccc(Cl)c1. The van der Waals surface area contributed by atoms with Crippen LogP contribution in [0, 0.1) is 11.8 Å². The predicted octanol–water partition coefficient (Wildman–Crippen LogP) is 0.836. The molecular weight excluding hydrogens is 260 g/mol. The minimum absolute atomic E-state index is 0.0974. The lowest BCUT2D eigenvalue weighted by atomic mass is 10.4. The van der Waals surface area contributed by atoms with Crippen molar-refractivity contribution in [3.05, 3.63) is 29.3 Å². The van der Waals surface area contributed by atoms with E-state index in [-0.39, 0.29) is 10.9 Å². The fourth-order valence-electron chi connectivity index (χ4n) is 2.47. The van der Waals surface area contributed by atoms with Crippen molar-refractivity contribution in [2.24, 2.45) is 11.8 Å². The molecule has 2 fully saturated rings. The molecule has 1 saturated carbocycles. The average molecular weight is 273 g/mol. The maximum atomic E-state index is 12.1. The van der Waals surface area contributed by atoms with Gasteiger partial charge in [-0.3, -0.25) is 0 Å². The number of fused-ring (bicyclic) bond motifs is 1. The molecule has 6 heteroatoms. The molecule has 17 heavy (non-hydrogen) atoms. The molecule has 1 aromatic rings. The molecule has 1 aliphatic heterocycles. The van der Waals surface area contributed by atoms with Crippen LogP contribution in [0.3, 0.4) is 0 Å². The molecule has 2 N–H and O–H groups in total. The Morgan fingerprint density at radius 3 is 2.65 bits per heavy atom. The van der Waals surface area contributed by atoms with E-state index in [9.17, 15) is 8.42 Å². The Kier molecular flexibility index (Phi) is 2.66. The molecular formula is C11H13ClN2O2S. The lowest BCUT2D eigenvalue weighted by Gasteiger charge is -2.08. The normalized spacial score (nSPS) is 31.2. The van der Waals surface area contributed by atoms with Gasteiger partial charge in [0.15, 0.2) is 0 Å². The van der Waals surface area contributed by atoms with Gasteiger partial charge in [-0.05, 0) is 43.1 Å². The molecule has 3 rings (SSSR count). The maximum absolute atomic E-state index is 12.1. The minimum Gasteiger partial charge on any atom is -0.316 e. The third kappa shape index (κ3) is 2.08. The highest BCUT2D eigenvalue weighted by atomic mass is 35.5. The molecule has 0 aromatic heterocycles. The van der Waals surface area contributed by atoms with Gasteiger partial charge in [0.05, 0.1) is 4.90 Å². The lowest BCUT2D eigenvalue weighted by molar-refractivity contribution is 0.565. The quantitative estimate of drug-likeness (QED) is 0.857. The topological polar surface area (TPSA) is 58.2 Å². The Labute approximate surface area is 105 Å². The zero-order valence-corrected chi connectivity index (χ0v) is 10.6. The van der Waals surface area contributed by atoms with Gasteiger partial charge in [-0.1, -0.05) is 17.7 Å². The number of halogens is 1. The van der Waals surface area contributed by atoms with Crippen molar-refractivity contribution in [3.8, 4) is 0 Å². The van der Waals surface area contributed by atoms with E-state index in [0.717, 1.165) is 13.1 Å². The first kappa shape index (κ1) is 11.5. The van der Waals surface area contributed by atoms with Gasteiger partial charge in [0.2, 0.25) is 10.0 Å². The van der Waals surface area contributed by atoms with Crippen LogP contribution in [0.15, 0.2) is 29.2 Å². The zero-order valence-electron chi connectivity index (χ0n) is 9.06. The highest BCUT2D eigenvalue weighted by Crippen LogP contribution is 2.42. The first-order chi connectivity index (χ1) is 8.08. The second kappa shape index (κ2) is 3.95. The third-order valence-corrected chi connectivity index (χ3v) is 5.18. The first-order valence-electron chi connectivity index (χ1n) is 5.56. The largest absolute Gasteiger partial charge is 0.316 e. The number of rotatable bonds is 3. The van der Waals surface area contributed by atoms with Crippen LogP contribution in [0.4, 0.5) is 0 Å². The summed E-state index contributed by atoms with van der Waals surface area (Å²) in [5, 5.41) is 3.67. The summed E-state index contributed by atoms with van der Waals surface area (Å²) in [6.07, 6.45) is 0. The second-order valence-corrected chi connectivity index (χ2v) is 6.74. The Morgan fingerprint density at radius 1 is 1.29 bits per heavy atom. The van der Waals surface area contributed by atoms with Gasteiger partial charge in [0.25, 0.3) is 0 Å². The van der Waals surface area contributed by atoms with Crippen LogP contribution >= 0.6 is 11.6 Å². The Morgan fingerprint density at radius 2 is 2.00 bits per heavy atom. The summed E-state index contributed by atoms with van der Waals surface area (Å²) in [6.45, 7) is 1.82. The van der Waals surface area contributed by atoms with E-state index in [2.05, 4.69) is 10.0 Å². The number of benzene rings is 1. The van der Waals surface area contributed by atoms with E-state index >= 15 is 0 Å². The number of piperidine rings is 1. The summed E-state index contributed by atoms with van der Waals surface area (Å²) in [4.78, 5) is 0.239. The summed E-state index contributed by atoms with van der Waals surface area (Å²) in [5.41, 5.74) is 0. The molecule has 1 aliphatic carbocycles. The van der Waals surface area contributed by atoms with Gasteiger partial charge in [-0.25, -0.2) is 13.1 Å². The number of nitrogens with one attached hydrogen (secondary N) is 2. The van der Waals surface area contributed by atoms with Gasteiger partial charge in [0, 0.05) is 11.1 Å². The number of sulfonamides is 1. The summed E-state index contributed by atoms with van der Waals surface area (Å²) < 4.78 is 26.9. The summed E-state index contributed by atoms with van der Waals surface area (Å²) in [6, 6.07) is 6.44. The molecule has 2 aliphatic rings. The smallest absolute Gasteiger partial charge is 0.240 e. The molecule has 2 atom stereocenters. The average Bonchev–Trinajstić information content (AvgIpc) is 2.75. The molecule has 2 unspecified atom stereocenters. The van der Waals surface area contributed by atoms with Crippen molar-refractivity contribution in [3.63, 3.8) is 0 Å². The van der Waals surface area contributed by atoms with Crippen LogP contribution in [0.5, 0.6) is 0 Å². The Balaban J connectivity index is 1.78. The lowest BCUT2D eigenvalue weighted by Crippen LogP contribution is -2.32. The van der Waals surface area contributed by atoms with Gasteiger partial charge in [-0.2, -0.15) is 0 Å². The van der Waals surface area contributed by atoms with Crippen molar-refractivity contribution in [1.29, 1.82) is 0 Å². The highest BCUT2D eigenvalue weighted by Gasteiger charge is 2.54. The van der Waals surface area contributed by atoms with Crippen molar-refractivity contribution < 1.29 is 8.42 Å². The zero-order chi connectivity index (χ0) is 12.0. The highest BCUT2D eigenvalue weighted by molar-refractivity contribution is 7.89. The molecule has 0 bridgehead atoms. The molecule has 1 saturated heterocycles.